The Balaban J connectivity index is 2.09. The highest BCUT2D eigenvalue weighted by atomic mass is 32.2. The Hall–Kier alpha value is -1.76. The van der Waals surface area contributed by atoms with Crippen LogP contribution in [0.1, 0.15) is 27.2 Å². The molecule has 122 valence electrons. The van der Waals surface area contributed by atoms with Crippen molar-refractivity contribution in [3.8, 4) is 5.75 Å². The van der Waals surface area contributed by atoms with E-state index in [-0.39, 0.29) is 17.2 Å². The zero-order chi connectivity index (χ0) is 16.5. The van der Waals surface area contributed by atoms with Crippen molar-refractivity contribution in [3.05, 3.63) is 24.3 Å². The molecule has 0 saturated carbocycles. The van der Waals surface area contributed by atoms with E-state index in [0.717, 1.165) is 0 Å². The van der Waals surface area contributed by atoms with E-state index in [4.69, 9.17) is 4.74 Å². The molecule has 1 N–H and O–H groups in total. The third kappa shape index (κ3) is 3.71. The third-order valence-corrected chi connectivity index (χ3v) is 5.59. The van der Waals surface area contributed by atoms with E-state index in [1.165, 1.54) is 29.2 Å². The lowest BCUT2D eigenvalue weighted by molar-refractivity contribution is 0.0295. The summed E-state index contributed by atoms with van der Waals surface area (Å²) in [7, 11) is -3.53. The highest BCUT2D eigenvalue weighted by Gasteiger charge is 2.37. The lowest BCUT2D eigenvalue weighted by atomic mass is 10.2. The molecule has 0 radical (unpaired) electrons. The van der Waals surface area contributed by atoms with Gasteiger partial charge in [0, 0.05) is 13.1 Å². The van der Waals surface area contributed by atoms with Crippen LogP contribution in [0.25, 0.3) is 0 Å². The number of carbonyl (C=O) groups excluding carboxylic acids is 1. The normalized spacial score (nSPS) is 19.2. The van der Waals surface area contributed by atoms with Gasteiger partial charge in [-0.1, -0.05) is 0 Å². The number of likely N-dealkylation sites (tertiary alicyclic amines) is 1. The number of amides is 1. The summed E-state index contributed by atoms with van der Waals surface area (Å²) in [6.45, 7) is 5.79. The molecule has 0 spiro atoms. The Morgan fingerprint density at radius 3 is 2.41 bits per heavy atom. The Kier molecular flexibility index (Phi) is 4.37. The molecule has 2 rings (SSSR count). The van der Waals surface area contributed by atoms with Gasteiger partial charge in [0.05, 0.1) is 10.1 Å². The molecule has 7 heteroatoms. The molecule has 6 nitrogen and oxygen atoms in total. The molecular formula is C15H21NO5S. The number of sulfone groups is 1. The topological polar surface area (TPSA) is 83.9 Å². The van der Waals surface area contributed by atoms with Crippen molar-refractivity contribution >= 4 is 15.9 Å². The van der Waals surface area contributed by atoms with Gasteiger partial charge in [0.25, 0.3) is 0 Å². The average molecular weight is 327 g/mol. The van der Waals surface area contributed by atoms with Crippen LogP contribution in [-0.4, -0.2) is 48.5 Å². The second-order valence-corrected chi connectivity index (χ2v) is 8.60. The average Bonchev–Trinajstić information content (AvgIpc) is 2.87. The summed E-state index contributed by atoms with van der Waals surface area (Å²) in [5.41, 5.74) is -0.606. The molecule has 1 aromatic rings. The van der Waals surface area contributed by atoms with E-state index in [1.807, 2.05) is 0 Å². The smallest absolute Gasteiger partial charge is 0.410 e. The maximum absolute atomic E-state index is 12.5. The number of nitrogens with zero attached hydrogens (tertiary/aromatic N) is 1. The summed E-state index contributed by atoms with van der Waals surface area (Å²) < 4.78 is 30.3. The van der Waals surface area contributed by atoms with Crippen molar-refractivity contribution in [3.63, 3.8) is 0 Å². The molecule has 0 aromatic heterocycles. The number of phenolic OH excluding ortho intramolecular Hbond substituents is 1. The van der Waals surface area contributed by atoms with Crippen LogP contribution in [0.3, 0.4) is 0 Å². The lowest BCUT2D eigenvalue weighted by Gasteiger charge is -2.24. The quantitative estimate of drug-likeness (QED) is 0.900. The van der Waals surface area contributed by atoms with Crippen molar-refractivity contribution in [2.45, 2.75) is 42.9 Å². The summed E-state index contributed by atoms with van der Waals surface area (Å²) in [6, 6.07) is 5.43. The van der Waals surface area contributed by atoms with Crippen molar-refractivity contribution in [2.75, 3.05) is 13.1 Å². The minimum atomic E-state index is -3.53. The third-order valence-electron chi connectivity index (χ3n) is 3.40. The second-order valence-electron chi connectivity index (χ2n) is 6.38. The molecule has 22 heavy (non-hydrogen) atoms. The maximum Gasteiger partial charge on any atom is 0.410 e. The Morgan fingerprint density at radius 2 is 1.86 bits per heavy atom. The van der Waals surface area contributed by atoms with Crippen molar-refractivity contribution in [1.82, 2.24) is 4.90 Å². The zero-order valence-electron chi connectivity index (χ0n) is 12.9. The highest BCUT2D eigenvalue weighted by molar-refractivity contribution is 7.92. The van der Waals surface area contributed by atoms with Crippen LogP contribution in [0.4, 0.5) is 4.79 Å². The molecule has 1 unspecified atom stereocenters. The van der Waals surface area contributed by atoms with Crippen LogP contribution in [0.15, 0.2) is 29.2 Å². The molecule has 1 fully saturated rings. The molecule has 1 aromatic carbocycles. The molecule has 1 aliphatic heterocycles. The van der Waals surface area contributed by atoms with Crippen LogP contribution in [0, 0.1) is 0 Å². The number of benzene rings is 1. The summed E-state index contributed by atoms with van der Waals surface area (Å²) in [5, 5.41) is 8.60. The van der Waals surface area contributed by atoms with Crippen LogP contribution in [0.5, 0.6) is 5.75 Å². The molecular weight excluding hydrogens is 306 g/mol. The number of rotatable bonds is 2. The summed E-state index contributed by atoms with van der Waals surface area (Å²) in [4.78, 5) is 13.6. The first kappa shape index (κ1) is 16.6. The number of hydrogen-bond donors (Lipinski definition) is 1. The molecule has 1 amide bonds. The number of aromatic hydroxyl groups is 1. The predicted octanol–water partition coefficient (Wildman–Crippen LogP) is 2.18. The highest BCUT2D eigenvalue weighted by Crippen LogP contribution is 2.26. The zero-order valence-corrected chi connectivity index (χ0v) is 13.8. The minimum Gasteiger partial charge on any atom is -0.508 e. The van der Waals surface area contributed by atoms with Gasteiger partial charge in [-0.15, -0.1) is 0 Å². The second kappa shape index (κ2) is 5.79. The minimum absolute atomic E-state index is 0.0146. The Labute approximate surface area is 130 Å². The van der Waals surface area contributed by atoms with Crippen LogP contribution in [0.2, 0.25) is 0 Å². The Morgan fingerprint density at radius 1 is 1.27 bits per heavy atom. The van der Waals surface area contributed by atoms with E-state index >= 15 is 0 Å². The molecule has 1 atom stereocenters. The van der Waals surface area contributed by atoms with Gasteiger partial charge in [0.15, 0.2) is 9.84 Å². The first-order valence-corrected chi connectivity index (χ1v) is 8.65. The van der Waals surface area contributed by atoms with Gasteiger partial charge in [-0.2, -0.15) is 0 Å². The van der Waals surface area contributed by atoms with Gasteiger partial charge in [-0.3, -0.25) is 0 Å². The number of hydrogen-bond acceptors (Lipinski definition) is 5. The summed E-state index contributed by atoms with van der Waals surface area (Å²) in [5.74, 6) is 0.0146. The monoisotopic (exact) mass is 327 g/mol. The first-order valence-electron chi connectivity index (χ1n) is 7.10. The van der Waals surface area contributed by atoms with E-state index in [2.05, 4.69) is 0 Å². The van der Waals surface area contributed by atoms with Gasteiger partial charge < -0.3 is 14.7 Å². The van der Waals surface area contributed by atoms with Crippen molar-refractivity contribution < 1.29 is 23.1 Å². The fourth-order valence-corrected chi connectivity index (χ4v) is 3.99. The van der Waals surface area contributed by atoms with Crippen LogP contribution < -0.4 is 0 Å². The Bertz CT molecular complexity index is 646. The fourth-order valence-electron chi connectivity index (χ4n) is 2.30. The fraction of sp³-hybridized carbons (Fsp3) is 0.533. The van der Waals surface area contributed by atoms with Gasteiger partial charge in [-0.05, 0) is 51.5 Å². The largest absolute Gasteiger partial charge is 0.508 e. The van der Waals surface area contributed by atoms with Crippen molar-refractivity contribution in [1.29, 1.82) is 0 Å². The van der Waals surface area contributed by atoms with Gasteiger partial charge >= 0.3 is 6.09 Å². The number of ether oxygens (including phenoxy) is 1. The standard InChI is InChI=1S/C15H21NO5S/c1-15(2,3)21-14(18)16-9-8-13(10-16)22(19,20)12-6-4-11(17)5-7-12/h4-7,13,17H,8-10H2,1-3H3. The van der Waals surface area contributed by atoms with Crippen LogP contribution in [-0.2, 0) is 14.6 Å². The van der Waals surface area contributed by atoms with Crippen molar-refractivity contribution in [2.24, 2.45) is 0 Å². The molecule has 1 saturated heterocycles. The molecule has 1 heterocycles. The van der Waals surface area contributed by atoms with E-state index < -0.39 is 26.8 Å². The number of carbonyl (C=O) groups is 1. The first-order chi connectivity index (χ1) is 10.1. The van der Waals surface area contributed by atoms with E-state index in [9.17, 15) is 18.3 Å². The maximum atomic E-state index is 12.5. The van der Waals surface area contributed by atoms with Gasteiger partial charge in [-0.25, -0.2) is 13.2 Å². The predicted molar refractivity (Wildman–Crippen MR) is 81.5 cm³/mol. The van der Waals surface area contributed by atoms with Crippen LogP contribution >= 0.6 is 0 Å². The van der Waals surface area contributed by atoms with Gasteiger partial charge in [0.1, 0.15) is 11.4 Å². The summed E-state index contributed by atoms with van der Waals surface area (Å²) >= 11 is 0. The molecule has 1 aliphatic rings. The lowest BCUT2D eigenvalue weighted by Crippen LogP contribution is -2.36. The SMILES string of the molecule is CC(C)(C)OC(=O)N1CCC(S(=O)(=O)c2ccc(O)cc2)C1. The summed E-state index contributed by atoms with van der Waals surface area (Å²) in [6.07, 6.45) is -0.112. The van der Waals surface area contributed by atoms with E-state index in [0.29, 0.717) is 13.0 Å². The molecule has 0 aliphatic carbocycles. The number of phenols is 1. The van der Waals surface area contributed by atoms with E-state index in [1.54, 1.807) is 20.8 Å². The van der Waals surface area contributed by atoms with Gasteiger partial charge in [0.2, 0.25) is 0 Å². The molecule has 0 bridgehead atoms.